The summed E-state index contributed by atoms with van der Waals surface area (Å²) >= 11 is 0. The first kappa shape index (κ1) is 12.8. The highest BCUT2D eigenvalue weighted by molar-refractivity contribution is 6.17. The van der Waals surface area contributed by atoms with Gasteiger partial charge in [-0.2, -0.15) is 5.26 Å². The second-order valence-electron chi connectivity index (χ2n) is 3.14. The molecule has 0 radical (unpaired) electrons. The Morgan fingerprint density at radius 1 is 1.53 bits per heavy atom. The Morgan fingerprint density at radius 2 is 2.29 bits per heavy atom. The van der Waals surface area contributed by atoms with Crippen LogP contribution in [0.1, 0.15) is 12.5 Å². The van der Waals surface area contributed by atoms with Crippen LogP contribution >= 0.6 is 0 Å². The molecule has 17 heavy (non-hydrogen) atoms. The lowest BCUT2D eigenvalue weighted by Crippen LogP contribution is -2.06. The number of carbonyl (C=O) groups excluding carboxylic acids is 1. The minimum atomic E-state index is -0.512. The lowest BCUT2D eigenvalue weighted by Gasteiger charge is -2.07. The molecule has 0 saturated carbocycles. The van der Waals surface area contributed by atoms with Gasteiger partial charge in [0.05, 0.1) is 25.4 Å². The van der Waals surface area contributed by atoms with Gasteiger partial charge in [-0.1, -0.05) is 12.1 Å². The Balaban J connectivity index is 3.11. The van der Waals surface area contributed by atoms with Crippen molar-refractivity contribution in [1.29, 1.82) is 5.26 Å². The number of nitriles is 1. The van der Waals surface area contributed by atoms with Crippen LogP contribution in [0.2, 0.25) is 0 Å². The third-order valence-corrected chi connectivity index (χ3v) is 2.08. The molecule has 88 valence electrons. The molecule has 4 heteroatoms. The number of rotatable bonds is 4. The topological polar surface area (TPSA) is 59.3 Å². The van der Waals surface area contributed by atoms with Crippen LogP contribution < -0.4 is 4.74 Å². The molecule has 4 nitrogen and oxygen atoms in total. The van der Waals surface area contributed by atoms with E-state index in [1.165, 1.54) is 13.2 Å². The van der Waals surface area contributed by atoms with Crippen LogP contribution in [0.3, 0.4) is 0 Å². The van der Waals surface area contributed by atoms with Gasteiger partial charge in [0.25, 0.3) is 0 Å². The molecule has 0 atom stereocenters. The second kappa shape index (κ2) is 6.33. The van der Waals surface area contributed by atoms with E-state index in [1.807, 2.05) is 6.07 Å². The monoisotopic (exact) mass is 231 g/mol. The van der Waals surface area contributed by atoms with Crippen LogP contribution in [0.15, 0.2) is 30.3 Å². The van der Waals surface area contributed by atoms with Crippen molar-refractivity contribution in [2.24, 2.45) is 0 Å². The highest BCUT2D eigenvalue weighted by Crippen LogP contribution is 2.21. The molecule has 0 saturated heterocycles. The molecule has 0 bridgehead atoms. The summed E-state index contributed by atoms with van der Waals surface area (Å²) in [5.74, 6) is 0.109. The average molecular weight is 231 g/mol. The molecule has 0 aromatic heterocycles. The molecule has 0 aliphatic heterocycles. The Bertz CT molecular complexity index is 472. The van der Waals surface area contributed by atoms with E-state index in [0.29, 0.717) is 11.3 Å². The highest BCUT2D eigenvalue weighted by atomic mass is 16.5. The zero-order chi connectivity index (χ0) is 12.7. The lowest BCUT2D eigenvalue weighted by molar-refractivity contribution is -0.136. The van der Waals surface area contributed by atoms with Gasteiger partial charge in [0.2, 0.25) is 0 Å². The molecule has 1 aromatic rings. The van der Waals surface area contributed by atoms with E-state index in [2.05, 4.69) is 0 Å². The van der Waals surface area contributed by atoms with Gasteiger partial charge >= 0.3 is 5.97 Å². The van der Waals surface area contributed by atoms with Crippen LogP contribution in [0, 0.1) is 11.3 Å². The van der Waals surface area contributed by atoms with Gasteiger partial charge < -0.3 is 9.47 Å². The SMILES string of the molecule is CCOC(=O)/C(=C/C#N)c1cccc(OC)c1. The number of benzene rings is 1. The van der Waals surface area contributed by atoms with E-state index in [-0.39, 0.29) is 12.2 Å². The van der Waals surface area contributed by atoms with Crippen LogP contribution in [-0.4, -0.2) is 19.7 Å². The standard InChI is InChI=1S/C13H13NO3/c1-3-17-13(15)12(7-8-14)10-5-4-6-11(9-10)16-2/h4-7,9H,3H2,1-2H3/b12-7+. The van der Waals surface area contributed by atoms with Crippen molar-refractivity contribution < 1.29 is 14.3 Å². The molecule has 0 fully saturated rings. The summed E-state index contributed by atoms with van der Waals surface area (Å²) in [5, 5.41) is 8.68. The van der Waals surface area contributed by atoms with Crippen molar-refractivity contribution in [2.45, 2.75) is 6.92 Å². The van der Waals surface area contributed by atoms with Gasteiger partial charge in [0.15, 0.2) is 0 Å². The fraction of sp³-hybridized carbons (Fsp3) is 0.231. The normalized spacial score (nSPS) is 10.5. The van der Waals surface area contributed by atoms with Crippen molar-refractivity contribution in [3.63, 3.8) is 0 Å². The number of esters is 1. The summed E-state index contributed by atoms with van der Waals surface area (Å²) in [4.78, 5) is 11.7. The van der Waals surface area contributed by atoms with Gasteiger partial charge in [-0.05, 0) is 24.6 Å². The third kappa shape index (κ3) is 3.35. The first-order chi connectivity index (χ1) is 8.22. The number of carbonyl (C=O) groups is 1. The number of nitrogens with zero attached hydrogens (tertiary/aromatic N) is 1. The molecular weight excluding hydrogens is 218 g/mol. The predicted octanol–water partition coefficient (Wildman–Crippen LogP) is 2.17. The summed E-state index contributed by atoms with van der Waals surface area (Å²) in [6.07, 6.45) is 1.17. The maximum Gasteiger partial charge on any atom is 0.339 e. The number of hydrogen-bond acceptors (Lipinski definition) is 4. The molecular formula is C13H13NO3. The molecule has 0 heterocycles. The van der Waals surface area contributed by atoms with Gasteiger partial charge in [0.1, 0.15) is 5.75 Å². The Labute approximate surface area is 100 Å². The molecule has 0 N–H and O–H groups in total. The van der Waals surface area contributed by atoms with E-state index in [4.69, 9.17) is 14.7 Å². The number of allylic oxidation sites excluding steroid dienone is 1. The average Bonchev–Trinajstić information content (AvgIpc) is 2.36. The van der Waals surface area contributed by atoms with Gasteiger partial charge in [-0.15, -0.1) is 0 Å². The Hall–Kier alpha value is -2.28. The van der Waals surface area contributed by atoms with Crippen LogP contribution in [0.5, 0.6) is 5.75 Å². The van der Waals surface area contributed by atoms with Gasteiger partial charge in [0, 0.05) is 6.08 Å². The minimum absolute atomic E-state index is 0.230. The maximum atomic E-state index is 11.7. The minimum Gasteiger partial charge on any atom is -0.497 e. The molecule has 1 rings (SSSR count). The lowest BCUT2D eigenvalue weighted by atomic mass is 10.1. The second-order valence-corrected chi connectivity index (χ2v) is 3.14. The molecule has 0 aliphatic rings. The molecule has 1 aromatic carbocycles. The van der Waals surface area contributed by atoms with E-state index in [1.54, 1.807) is 31.2 Å². The largest absolute Gasteiger partial charge is 0.497 e. The molecule has 0 unspecified atom stereocenters. The predicted molar refractivity (Wildman–Crippen MR) is 63.2 cm³/mol. The molecule has 0 aliphatic carbocycles. The highest BCUT2D eigenvalue weighted by Gasteiger charge is 2.13. The smallest absolute Gasteiger partial charge is 0.339 e. The zero-order valence-corrected chi connectivity index (χ0v) is 9.77. The summed E-state index contributed by atoms with van der Waals surface area (Å²) < 4.78 is 9.95. The summed E-state index contributed by atoms with van der Waals surface area (Å²) in [6, 6.07) is 8.76. The zero-order valence-electron chi connectivity index (χ0n) is 9.77. The van der Waals surface area contributed by atoms with Crippen molar-refractivity contribution in [3.05, 3.63) is 35.9 Å². The fourth-order valence-corrected chi connectivity index (χ4v) is 1.32. The fourth-order valence-electron chi connectivity index (χ4n) is 1.32. The van der Waals surface area contributed by atoms with Crippen LogP contribution in [0.25, 0.3) is 5.57 Å². The van der Waals surface area contributed by atoms with E-state index < -0.39 is 5.97 Å². The first-order valence-electron chi connectivity index (χ1n) is 5.14. The summed E-state index contributed by atoms with van der Waals surface area (Å²) in [6.45, 7) is 1.99. The molecule has 0 amide bonds. The summed E-state index contributed by atoms with van der Waals surface area (Å²) in [5.41, 5.74) is 0.831. The number of methoxy groups -OCH3 is 1. The van der Waals surface area contributed by atoms with Crippen molar-refractivity contribution in [3.8, 4) is 11.8 Å². The van der Waals surface area contributed by atoms with Crippen molar-refractivity contribution >= 4 is 11.5 Å². The van der Waals surface area contributed by atoms with Crippen molar-refractivity contribution in [2.75, 3.05) is 13.7 Å². The van der Waals surface area contributed by atoms with E-state index in [0.717, 1.165) is 0 Å². The van der Waals surface area contributed by atoms with Crippen LogP contribution in [-0.2, 0) is 9.53 Å². The van der Waals surface area contributed by atoms with Crippen LogP contribution in [0.4, 0.5) is 0 Å². The van der Waals surface area contributed by atoms with Gasteiger partial charge in [-0.25, -0.2) is 4.79 Å². The third-order valence-electron chi connectivity index (χ3n) is 2.08. The quantitative estimate of drug-likeness (QED) is 0.452. The molecule has 0 spiro atoms. The Kier molecular flexibility index (Phi) is 4.77. The number of hydrogen-bond donors (Lipinski definition) is 0. The van der Waals surface area contributed by atoms with Crippen molar-refractivity contribution in [1.82, 2.24) is 0 Å². The van der Waals surface area contributed by atoms with E-state index in [9.17, 15) is 4.79 Å². The summed E-state index contributed by atoms with van der Waals surface area (Å²) in [7, 11) is 1.54. The Morgan fingerprint density at radius 3 is 2.88 bits per heavy atom. The maximum absolute atomic E-state index is 11.7. The van der Waals surface area contributed by atoms with E-state index >= 15 is 0 Å². The van der Waals surface area contributed by atoms with Gasteiger partial charge in [-0.3, -0.25) is 0 Å². The first-order valence-corrected chi connectivity index (χ1v) is 5.14. The number of ether oxygens (including phenoxy) is 2.